The Balaban J connectivity index is 2.44. The molecule has 0 fully saturated rings. The fourth-order valence-corrected chi connectivity index (χ4v) is 3.11. The lowest BCUT2D eigenvalue weighted by Gasteiger charge is -1.92. The number of rotatable bonds is 3. The first kappa shape index (κ1) is 12.8. The van der Waals surface area contributed by atoms with E-state index in [1.54, 1.807) is 6.07 Å². The molecule has 0 unspecified atom stereocenters. The van der Waals surface area contributed by atoms with Crippen molar-refractivity contribution in [2.24, 2.45) is 5.14 Å². The molecule has 2 rings (SSSR count). The Hall–Kier alpha value is -1.68. The van der Waals surface area contributed by atoms with Gasteiger partial charge in [-0.05, 0) is 17.7 Å². The van der Waals surface area contributed by atoms with E-state index in [1.807, 2.05) is 24.3 Å². The van der Waals surface area contributed by atoms with Crippen LogP contribution in [0.3, 0.4) is 0 Å². The van der Waals surface area contributed by atoms with Crippen molar-refractivity contribution in [3.05, 3.63) is 29.8 Å². The van der Waals surface area contributed by atoms with Gasteiger partial charge in [-0.25, -0.2) is 18.5 Å². The Labute approximate surface area is 109 Å². The summed E-state index contributed by atoms with van der Waals surface area (Å²) in [5, 5.41) is 5.04. The van der Waals surface area contributed by atoms with Gasteiger partial charge in [-0.1, -0.05) is 18.2 Å². The molecule has 0 aliphatic carbocycles. The van der Waals surface area contributed by atoms with Crippen LogP contribution in [0.15, 0.2) is 28.6 Å². The molecule has 0 radical (unpaired) electrons. The highest BCUT2D eigenvalue weighted by Gasteiger charge is 2.14. The van der Waals surface area contributed by atoms with Crippen LogP contribution < -0.4 is 5.14 Å². The second-order valence-electron chi connectivity index (χ2n) is 3.56. The molecule has 2 N–H and O–H groups in total. The third-order valence-electron chi connectivity index (χ3n) is 2.18. The van der Waals surface area contributed by atoms with E-state index in [1.165, 1.54) is 0 Å². The molecule has 0 aliphatic rings. The first-order valence-electron chi connectivity index (χ1n) is 5.04. The fourth-order valence-electron chi connectivity index (χ4n) is 1.41. The van der Waals surface area contributed by atoms with Crippen molar-refractivity contribution in [1.29, 1.82) is 0 Å². The van der Waals surface area contributed by atoms with E-state index in [0.717, 1.165) is 21.6 Å². The first-order chi connectivity index (χ1) is 8.50. The molecule has 1 aromatic heterocycles. The zero-order chi connectivity index (χ0) is 13.2. The molecular formula is C12H10N2O2S2. The van der Waals surface area contributed by atoms with Crippen molar-refractivity contribution < 1.29 is 8.42 Å². The van der Waals surface area contributed by atoms with Gasteiger partial charge in [0.2, 0.25) is 4.34 Å². The maximum atomic E-state index is 11.2. The summed E-state index contributed by atoms with van der Waals surface area (Å²) in [4.78, 5) is 3.97. The SMILES string of the molecule is C#CCC=Cc1ccc2nc(S(N)(=O)=O)sc2c1. The van der Waals surface area contributed by atoms with Gasteiger partial charge < -0.3 is 0 Å². The normalized spacial score (nSPS) is 12.0. The molecule has 0 saturated carbocycles. The minimum absolute atomic E-state index is 0.0674. The summed E-state index contributed by atoms with van der Waals surface area (Å²) in [5.74, 6) is 2.51. The van der Waals surface area contributed by atoms with Crippen molar-refractivity contribution in [1.82, 2.24) is 4.98 Å². The van der Waals surface area contributed by atoms with Crippen molar-refractivity contribution in [3.63, 3.8) is 0 Å². The van der Waals surface area contributed by atoms with Gasteiger partial charge >= 0.3 is 0 Å². The van der Waals surface area contributed by atoms with E-state index >= 15 is 0 Å². The maximum absolute atomic E-state index is 11.2. The van der Waals surface area contributed by atoms with Crippen LogP contribution in [0.1, 0.15) is 12.0 Å². The van der Waals surface area contributed by atoms with Crippen LogP contribution in [-0.4, -0.2) is 13.4 Å². The van der Waals surface area contributed by atoms with Crippen molar-refractivity contribution in [2.45, 2.75) is 10.8 Å². The number of sulfonamides is 1. The third-order valence-corrected chi connectivity index (χ3v) is 4.52. The number of nitrogens with two attached hydrogens (primary N) is 1. The largest absolute Gasteiger partial charge is 0.265 e. The Bertz CT molecular complexity index is 752. The summed E-state index contributed by atoms with van der Waals surface area (Å²) in [7, 11) is -3.74. The number of nitrogens with zero attached hydrogens (tertiary/aromatic N) is 1. The molecule has 0 aliphatic heterocycles. The first-order valence-corrected chi connectivity index (χ1v) is 7.40. The van der Waals surface area contributed by atoms with Crippen molar-refractivity contribution >= 4 is 37.7 Å². The Morgan fingerprint density at radius 2 is 2.28 bits per heavy atom. The van der Waals surface area contributed by atoms with Gasteiger partial charge in [0.15, 0.2) is 0 Å². The van der Waals surface area contributed by atoms with Gasteiger partial charge in [-0.15, -0.1) is 23.7 Å². The number of aromatic nitrogens is 1. The predicted molar refractivity (Wildman–Crippen MR) is 73.5 cm³/mol. The van der Waals surface area contributed by atoms with Crippen LogP contribution in [-0.2, 0) is 10.0 Å². The molecule has 2 aromatic rings. The summed E-state index contributed by atoms with van der Waals surface area (Å²) >= 11 is 1.06. The highest BCUT2D eigenvalue weighted by Crippen LogP contribution is 2.25. The van der Waals surface area contributed by atoms with Gasteiger partial charge in [0, 0.05) is 6.42 Å². The van der Waals surface area contributed by atoms with Gasteiger partial charge in [-0.2, -0.15) is 0 Å². The average molecular weight is 278 g/mol. The van der Waals surface area contributed by atoms with Crippen LogP contribution in [0, 0.1) is 12.3 Å². The number of thiazole rings is 1. The Morgan fingerprint density at radius 3 is 2.94 bits per heavy atom. The highest BCUT2D eigenvalue weighted by atomic mass is 32.2. The lowest BCUT2D eigenvalue weighted by Crippen LogP contribution is -2.11. The molecule has 1 heterocycles. The minimum Gasteiger partial charge on any atom is -0.224 e. The second kappa shape index (κ2) is 4.90. The number of primary sulfonamides is 1. The number of benzene rings is 1. The molecule has 0 bridgehead atoms. The van der Waals surface area contributed by atoms with Gasteiger partial charge in [0.05, 0.1) is 10.2 Å². The molecule has 0 atom stereocenters. The quantitative estimate of drug-likeness (QED) is 0.872. The molecule has 6 heteroatoms. The number of hydrogen-bond donors (Lipinski definition) is 1. The summed E-state index contributed by atoms with van der Waals surface area (Å²) in [6.45, 7) is 0. The van der Waals surface area contributed by atoms with E-state index in [-0.39, 0.29) is 4.34 Å². The summed E-state index contributed by atoms with van der Waals surface area (Å²) in [5.41, 5.74) is 1.57. The van der Waals surface area contributed by atoms with Crippen LogP contribution >= 0.6 is 11.3 Å². The molecule has 0 amide bonds. The van der Waals surface area contributed by atoms with E-state index in [4.69, 9.17) is 11.6 Å². The second-order valence-corrected chi connectivity index (χ2v) is 6.33. The van der Waals surface area contributed by atoms with Gasteiger partial charge in [-0.3, -0.25) is 0 Å². The number of allylic oxidation sites excluding steroid dienone is 1. The zero-order valence-electron chi connectivity index (χ0n) is 9.33. The number of terminal acetylenes is 1. The lowest BCUT2D eigenvalue weighted by molar-refractivity contribution is 0.597. The third kappa shape index (κ3) is 2.76. The van der Waals surface area contributed by atoms with Crippen molar-refractivity contribution in [2.75, 3.05) is 0 Å². The monoisotopic (exact) mass is 278 g/mol. The van der Waals surface area contributed by atoms with E-state index in [9.17, 15) is 8.42 Å². The maximum Gasteiger partial charge on any atom is 0.265 e. The standard InChI is InChI=1S/C12H10N2O2S2/c1-2-3-4-5-9-6-7-10-11(8-9)17-12(14-10)18(13,15)16/h1,4-8H,3H2,(H2,13,15,16). The molecule has 4 nitrogen and oxygen atoms in total. The minimum atomic E-state index is -3.74. The number of fused-ring (bicyclic) bond motifs is 1. The van der Waals surface area contributed by atoms with Crippen LogP contribution in [0.2, 0.25) is 0 Å². The zero-order valence-corrected chi connectivity index (χ0v) is 11.0. The van der Waals surface area contributed by atoms with Gasteiger partial charge in [0.1, 0.15) is 0 Å². The Morgan fingerprint density at radius 1 is 1.50 bits per heavy atom. The molecule has 0 spiro atoms. The molecule has 18 heavy (non-hydrogen) atoms. The predicted octanol–water partition coefficient (Wildman–Crippen LogP) is 1.98. The molecule has 92 valence electrons. The molecule has 1 aromatic carbocycles. The summed E-state index contributed by atoms with van der Waals surface area (Å²) in [6, 6.07) is 5.47. The summed E-state index contributed by atoms with van der Waals surface area (Å²) < 4.78 is 23.1. The summed E-state index contributed by atoms with van der Waals surface area (Å²) in [6.07, 6.45) is 9.45. The highest BCUT2D eigenvalue weighted by molar-refractivity contribution is 7.91. The Kier molecular flexibility index (Phi) is 3.48. The van der Waals surface area contributed by atoms with Crippen LogP contribution in [0.4, 0.5) is 0 Å². The molecular weight excluding hydrogens is 268 g/mol. The smallest absolute Gasteiger partial charge is 0.224 e. The molecule has 0 saturated heterocycles. The fraction of sp³-hybridized carbons (Fsp3) is 0.0833. The lowest BCUT2D eigenvalue weighted by atomic mass is 10.2. The van der Waals surface area contributed by atoms with Crippen molar-refractivity contribution in [3.8, 4) is 12.3 Å². The van der Waals surface area contributed by atoms with E-state index in [0.29, 0.717) is 11.9 Å². The van der Waals surface area contributed by atoms with Crippen LogP contribution in [0.5, 0.6) is 0 Å². The van der Waals surface area contributed by atoms with E-state index in [2.05, 4.69) is 10.9 Å². The van der Waals surface area contributed by atoms with Crippen LogP contribution in [0.25, 0.3) is 16.3 Å². The van der Waals surface area contributed by atoms with E-state index < -0.39 is 10.0 Å². The average Bonchev–Trinajstić information content (AvgIpc) is 2.72. The van der Waals surface area contributed by atoms with Gasteiger partial charge in [0.25, 0.3) is 10.0 Å². The topological polar surface area (TPSA) is 73.0 Å². The number of hydrogen-bond acceptors (Lipinski definition) is 4.